The van der Waals surface area contributed by atoms with E-state index in [0.717, 1.165) is 25.7 Å². The molecule has 0 amide bonds. The lowest BCUT2D eigenvalue weighted by molar-refractivity contribution is -0.148. The molecule has 0 spiro atoms. The van der Waals surface area contributed by atoms with Crippen molar-refractivity contribution in [3.63, 3.8) is 0 Å². The monoisotopic (exact) mass is 181 g/mol. The summed E-state index contributed by atoms with van der Waals surface area (Å²) in [5, 5.41) is 8.86. The van der Waals surface area contributed by atoms with Gasteiger partial charge in [-0.1, -0.05) is 0 Å². The summed E-state index contributed by atoms with van der Waals surface area (Å²) in [4.78, 5) is 10.7. The van der Waals surface area contributed by atoms with Crippen molar-refractivity contribution in [1.29, 1.82) is 5.26 Å². The minimum Gasteiger partial charge on any atom is -0.463 e. The van der Waals surface area contributed by atoms with Crippen LogP contribution in [0.4, 0.5) is 0 Å². The Morgan fingerprint density at radius 1 is 1.54 bits per heavy atom. The molecule has 3 heteroatoms. The molecule has 3 nitrogen and oxygen atoms in total. The lowest BCUT2D eigenvalue weighted by atomic mass is 9.76. The van der Waals surface area contributed by atoms with Gasteiger partial charge >= 0.3 is 5.97 Å². The molecule has 0 atom stereocenters. The molecule has 0 bridgehead atoms. The zero-order valence-electron chi connectivity index (χ0n) is 8.17. The molecule has 0 aromatic rings. The number of rotatable bonds is 1. The topological polar surface area (TPSA) is 50.1 Å². The number of carbonyl (C=O) groups excluding carboxylic acids is 1. The van der Waals surface area contributed by atoms with E-state index >= 15 is 0 Å². The summed E-state index contributed by atoms with van der Waals surface area (Å²) >= 11 is 0. The van der Waals surface area contributed by atoms with Gasteiger partial charge in [0.25, 0.3) is 0 Å². The van der Waals surface area contributed by atoms with Crippen molar-refractivity contribution in [3.05, 3.63) is 0 Å². The van der Waals surface area contributed by atoms with Gasteiger partial charge in [-0.2, -0.15) is 5.26 Å². The van der Waals surface area contributed by atoms with E-state index in [9.17, 15) is 4.79 Å². The number of carbonyl (C=O) groups is 1. The molecule has 0 aromatic heterocycles. The predicted molar refractivity (Wildman–Crippen MR) is 47.7 cm³/mol. The van der Waals surface area contributed by atoms with Crippen molar-refractivity contribution < 1.29 is 9.53 Å². The molecule has 13 heavy (non-hydrogen) atoms. The van der Waals surface area contributed by atoms with Crippen LogP contribution in [0.15, 0.2) is 0 Å². The number of hydrogen-bond acceptors (Lipinski definition) is 3. The van der Waals surface area contributed by atoms with E-state index in [4.69, 9.17) is 10.00 Å². The molecule has 0 heterocycles. The maximum Gasteiger partial charge on any atom is 0.302 e. The Kier molecular flexibility index (Phi) is 2.92. The van der Waals surface area contributed by atoms with Crippen LogP contribution in [0.2, 0.25) is 0 Å². The summed E-state index contributed by atoms with van der Waals surface area (Å²) in [6, 6.07) is 2.31. The third-order valence-corrected chi connectivity index (χ3v) is 2.64. The molecular weight excluding hydrogens is 166 g/mol. The van der Waals surface area contributed by atoms with Crippen LogP contribution in [0, 0.1) is 16.7 Å². The average Bonchev–Trinajstić information content (AvgIpc) is 2.09. The first-order chi connectivity index (χ1) is 6.06. The second-order valence-corrected chi connectivity index (χ2v) is 3.98. The van der Waals surface area contributed by atoms with Crippen LogP contribution in [0.3, 0.4) is 0 Å². The fraction of sp³-hybridized carbons (Fsp3) is 0.800. The Morgan fingerprint density at radius 3 is 2.46 bits per heavy atom. The first-order valence-electron chi connectivity index (χ1n) is 4.64. The molecule has 0 unspecified atom stereocenters. The van der Waals surface area contributed by atoms with Gasteiger partial charge in [0.1, 0.15) is 6.10 Å². The van der Waals surface area contributed by atoms with E-state index in [1.165, 1.54) is 6.92 Å². The van der Waals surface area contributed by atoms with Gasteiger partial charge in [-0.3, -0.25) is 4.79 Å². The molecule has 0 aliphatic heterocycles. The number of ether oxygens (including phenoxy) is 1. The molecule has 0 saturated heterocycles. The molecule has 72 valence electrons. The molecule has 0 radical (unpaired) electrons. The van der Waals surface area contributed by atoms with Crippen LogP contribution in [-0.4, -0.2) is 12.1 Å². The van der Waals surface area contributed by atoms with Crippen LogP contribution >= 0.6 is 0 Å². The Bertz CT molecular complexity index is 234. The Labute approximate surface area is 78.7 Å². The SMILES string of the molecule is CC(=O)O[C@H]1CC[C@](C)(C#N)CC1. The molecule has 1 saturated carbocycles. The third kappa shape index (κ3) is 2.73. The van der Waals surface area contributed by atoms with E-state index in [1.807, 2.05) is 6.92 Å². The molecule has 1 fully saturated rings. The van der Waals surface area contributed by atoms with Gasteiger partial charge in [0.15, 0.2) is 0 Å². The van der Waals surface area contributed by atoms with Gasteiger partial charge in [-0.05, 0) is 32.6 Å². The van der Waals surface area contributed by atoms with Crippen LogP contribution in [0.25, 0.3) is 0 Å². The number of hydrogen-bond donors (Lipinski definition) is 0. The summed E-state index contributed by atoms with van der Waals surface area (Å²) in [6.45, 7) is 3.40. The molecule has 1 aliphatic rings. The van der Waals surface area contributed by atoms with Crippen molar-refractivity contribution in [2.75, 3.05) is 0 Å². The maximum atomic E-state index is 10.7. The quantitative estimate of drug-likeness (QED) is 0.581. The van der Waals surface area contributed by atoms with E-state index in [2.05, 4.69) is 6.07 Å². The highest BCUT2D eigenvalue weighted by molar-refractivity contribution is 5.66. The third-order valence-electron chi connectivity index (χ3n) is 2.64. The Morgan fingerprint density at radius 2 is 2.08 bits per heavy atom. The van der Waals surface area contributed by atoms with Crippen molar-refractivity contribution in [3.8, 4) is 6.07 Å². The number of nitriles is 1. The van der Waals surface area contributed by atoms with Gasteiger partial charge in [-0.25, -0.2) is 0 Å². The first-order valence-corrected chi connectivity index (χ1v) is 4.64. The average molecular weight is 181 g/mol. The summed E-state index contributed by atoms with van der Waals surface area (Å²) in [7, 11) is 0. The molecule has 0 N–H and O–H groups in total. The summed E-state index contributed by atoms with van der Waals surface area (Å²) < 4.78 is 5.08. The molecule has 0 aromatic carbocycles. The van der Waals surface area contributed by atoms with Crippen LogP contribution < -0.4 is 0 Å². The minimum absolute atomic E-state index is 0.0407. The highest BCUT2D eigenvalue weighted by atomic mass is 16.5. The fourth-order valence-corrected chi connectivity index (χ4v) is 1.69. The van der Waals surface area contributed by atoms with Crippen molar-refractivity contribution in [2.45, 2.75) is 45.6 Å². The van der Waals surface area contributed by atoms with Gasteiger partial charge in [-0.15, -0.1) is 0 Å². The van der Waals surface area contributed by atoms with Crippen LogP contribution in [0.1, 0.15) is 39.5 Å². The van der Waals surface area contributed by atoms with Crippen LogP contribution in [0.5, 0.6) is 0 Å². The zero-order valence-corrected chi connectivity index (χ0v) is 8.17. The second kappa shape index (κ2) is 3.78. The van der Waals surface area contributed by atoms with Gasteiger partial charge in [0, 0.05) is 6.92 Å². The highest BCUT2D eigenvalue weighted by Crippen LogP contribution is 2.36. The zero-order chi connectivity index (χ0) is 9.90. The second-order valence-electron chi connectivity index (χ2n) is 3.98. The number of esters is 1. The van der Waals surface area contributed by atoms with Crippen molar-refractivity contribution >= 4 is 5.97 Å². The van der Waals surface area contributed by atoms with Gasteiger partial charge in [0.05, 0.1) is 11.5 Å². The smallest absolute Gasteiger partial charge is 0.302 e. The van der Waals surface area contributed by atoms with E-state index in [-0.39, 0.29) is 17.5 Å². The largest absolute Gasteiger partial charge is 0.463 e. The Balaban J connectivity index is 2.40. The first kappa shape index (κ1) is 10.0. The van der Waals surface area contributed by atoms with Gasteiger partial charge < -0.3 is 4.74 Å². The molecule has 1 aliphatic carbocycles. The van der Waals surface area contributed by atoms with E-state index in [0.29, 0.717) is 0 Å². The summed E-state index contributed by atoms with van der Waals surface area (Å²) in [6.07, 6.45) is 3.36. The maximum absolute atomic E-state index is 10.7. The van der Waals surface area contributed by atoms with E-state index < -0.39 is 0 Å². The van der Waals surface area contributed by atoms with E-state index in [1.54, 1.807) is 0 Å². The van der Waals surface area contributed by atoms with Gasteiger partial charge in [0.2, 0.25) is 0 Å². The molecular formula is C10H15NO2. The molecule has 1 rings (SSSR count). The normalized spacial score (nSPS) is 33.5. The summed E-state index contributed by atoms with van der Waals surface area (Å²) in [5.41, 5.74) is -0.198. The minimum atomic E-state index is -0.217. The summed E-state index contributed by atoms with van der Waals surface area (Å²) in [5.74, 6) is -0.217. The highest BCUT2D eigenvalue weighted by Gasteiger charge is 2.32. The van der Waals surface area contributed by atoms with Crippen molar-refractivity contribution in [2.24, 2.45) is 5.41 Å². The lowest BCUT2D eigenvalue weighted by Crippen LogP contribution is -2.28. The Hall–Kier alpha value is -1.04. The fourth-order valence-electron chi connectivity index (χ4n) is 1.69. The number of nitrogens with zero attached hydrogens (tertiary/aromatic N) is 1. The predicted octanol–water partition coefficient (Wildman–Crippen LogP) is 2.02. The van der Waals surface area contributed by atoms with Crippen molar-refractivity contribution in [1.82, 2.24) is 0 Å². The lowest BCUT2D eigenvalue weighted by Gasteiger charge is -2.31. The standard InChI is InChI=1S/C10H15NO2/c1-8(12)13-9-3-5-10(2,7-11)6-4-9/h9H,3-6H2,1-2H3/t9-,10-. The van der Waals surface area contributed by atoms with Crippen LogP contribution in [-0.2, 0) is 9.53 Å².